The molecular weight excluding hydrogens is 236 g/mol. The molecule has 2 N–H and O–H groups in total. The smallest absolute Gasteiger partial charge is 0.223 e. The summed E-state index contributed by atoms with van der Waals surface area (Å²) in [6.45, 7) is 8.81. The van der Waals surface area contributed by atoms with Gasteiger partial charge >= 0.3 is 0 Å². The van der Waals surface area contributed by atoms with Gasteiger partial charge in [0.1, 0.15) is 0 Å². The van der Waals surface area contributed by atoms with Gasteiger partial charge in [-0.25, -0.2) is 0 Å². The molecule has 0 radical (unpaired) electrons. The van der Waals surface area contributed by atoms with Crippen LogP contribution < -0.4 is 10.6 Å². The van der Waals surface area contributed by atoms with Crippen LogP contribution in [0.1, 0.15) is 72.6 Å². The Morgan fingerprint density at radius 2 is 1.53 bits per heavy atom. The van der Waals surface area contributed by atoms with Crippen LogP contribution in [0.15, 0.2) is 0 Å². The molecule has 2 rings (SSSR count). The minimum atomic E-state index is 0.0519. The van der Waals surface area contributed by atoms with Gasteiger partial charge in [0.05, 0.1) is 0 Å². The van der Waals surface area contributed by atoms with Crippen molar-refractivity contribution < 1.29 is 4.79 Å². The summed E-state index contributed by atoms with van der Waals surface area (Å²) in [5.74, 6) is 0.447. The van der Waals surface area contributed by atoms with Gasteiger partial charge in [-0.1, -0.05) is 19.3 Å². The Balaban J connectivity index is 1.94. The Morgan fingerprint density at radius 3 is 2.05 bits per heavy atom. The summed E-state index contributed by atoms with van der Waals surface area (Å²) in [6.07, 6.45) is 8.10. The van der Waals surface area contributed by atoms with Crippen LogP contribution in [0.2, 0.25) is 0 Å². The van der Waals surface area contributed by atoms with Gasteiger partial charge in [-0.05, 0) is 53.4 Å². The Hall–Kier alpha value is -0.570. The molecule has 19 heavy (non-hydrogen) atoms. The third-order valence-electron chi connectivity index (χ3n) is 4.51. The first-order valence-corrected chi connectivity index (χ1v) is 7.87. The number of hydrogen-bond acceptors (Lipinski definition) is 2. The van der Waals surface area contributed by atoms with Crippen LogP contribution in [0, 0.1) is 5.92 Å². The summed E-state index contributed by atoms with van der Waals surface area (Å²) in [6, 6.07) is 0.433. The topological polar surface area (TPSA) is 41.1 Å². The Labute approximate surface area is 117 Å². The molecule has 0 bridgehead atoms. The second kappa shape index (κ2) is 5.43. The highest BCUT2D eigenvalue weighted by molar-refractivity contribution is 5.79. The number of hydrogen-bond donors (Lipinski definition) is 2. The lowest BCUT2D eigenvalue weighted by Crippen LogP contribution is -2.60. The monoisotopic (exact) mass is 266 g/mol. The zero-order chi connectivity index (χ0) is 14.1. The molecular formula is C16H30N2O. The Morgan fingerprint density at radius 1 is 1.00 bits per heavy atom. The lowest BCUT2D eigenvalue weighted by atomic mass is 9.75. The Bertz CT molecular complexity index is 314. The molecule has 1 aliphatic carbocycles. The first kappa shape index (κ1) is 14.8. The molecule has 2 fully saturated rings. The molecule has 0 aromatic heterocycles. The SMILES string of the molecule is CC1(C)CC(C(=O)NC2CCCCC2)CC(C)(C)N1. The van der Waals surface area contributed by atoms with Crippen LogP contribution in [0.3, 0.4) is 0 Å². The number of amides is 1. The second-order valence-corrected chi connectivity index (χ2v) is 7.84. The minimum absolute atomic E-state index is 0.0519. The molecule has 1 saturated carbocycles. The molecule has 1 heterocycles. The van der Waals surface area contributed by atoms with Gasteiger partial charge in [-0.2, -0.15) is 0 Å². The molecule has 0 aromatic carbocycles. The second-order valence-electron chi connectivity index (χ2n) is 7.84. The molecule has 1 amide bonds. The zero-order valence-corrected chi connectivity index (χ0v) is 13.0. The summed E-state index contributed by atoms with van der Waals surface area (Å²) in [4.78, 5) is 12.5. The number of nitrogens with one attached hydrogen (secondary N) is 2. The van der Waals surface area contributed by atoms with Gasteiger partial charge in [0.15, 0.2) is 0 Å². The molecule has 2 aliphatic rings. The fourth-order valence-electron chi connectivity index (χ4n) is 4.07. The summed E-state index contributed by atoms with van der Waals surface area (Å²) < 4.78 is 0. The predicted octanol–water partition coefficient (Wildman–Crippen LogP) is 2.99. The first-order chi connectivity index (χ1) is 8.77. The highest BCUT2D eigenvalue weighted by atomic mass is 16.1. The average molecular weight is 266 g/mol. The standard InChI is InChI=1S/C16H30N2O/c1-15(2)10-12(11-16(3,4)18-15)14(19)17-13-8-6-5-7-9-13/h12-13,18H,5-11H2,1-4H3,(H,17,19). The van der Waals surface area contributed by atoms with E-state index in [1.54, 1.807) is 0 Å². The minimum Gasteiger partial charge on any atom is -0.353 e. The highest BCUT2D eigenvalue weighted by Gasteiger charge is 2.40. The van der Waals surface area contributed by atoms with Crippen LogP contribution in [0.5, 0.6) is 0 Å². The third-order valence-corrected chi connectivity index (χ3v) is 4.51. The predicted molar refractivity (Wildman–Crippen MR) is 79.0 cm³/mol. The maximum absolute atomic E-state index is 12.5. The lowest BCUT2D eigenvalue weighted by Gasteiger charge is -2.46. The van der Waals surface area contributed by atoms with E-state index in [-0.39, 0.29) is 22.9 Å². The normalized spacial score (nSPS) is 28.0. The number of carbonyl (C=O) groups excluding carboxylic acids is 1. The van der Waals surface area contributed by atoms with E-state index in [1.807, 2.05) is 0 Å². The van der Waals surface area contributed by atoms with E-state index in [9.17, 15) is 4.79 Å². The summed E-state index contributed by atoms with van der Waals surface area (Å²) in [7, 11) is 0. The van der Waals surface area contributed by atoms with E-state index < -0.39 is 0 Å². The quantitative estimate of drug-likeness (QED) is 0.806. The molecule has 1 saturated heterocycles. The van der Waals surface area contributed by atoms with E-state index in [0.29, 0.717) is 6.04 Å². The van der Waals surface area contributed by atoms with Crippen molar-refractivity contribution in [1.82, 2.24) is 10.6 Å². The van der Waals surface area contributed by atoms with Gasteiger partial charge in [0.25, 0.3) is 0 Å². The number of rotatable bonds is 2. The van der Waals surface area contributed by atoms with Crippen LogP contribution in [0.4, 0.5) is 0 Å². The molecule has 3 heteroatoms. The van der Waals surface area contributed by atoms with Gasteiger partial charge in [-0.15, -0.1) is 0 Å². The van der Waals surface area contributed by atoms with Crippen LogP contribution in [-0.2, 0) is 4.79 Å². The molecule has 110 valence electrons. The molecule has 0 atom stereocenters. The van der Waals surface area contributed by atoms with Crippen LogP contribution >= 0.6 is 0 Å². The van der Waals surface area contributed by atoms with E-state index >= 15 is 0 Å². The van der Waals surface area contributed by atoms with Crippen LogP contribution in [-0.4, -0.2) is 23.0 Å². The molecule has 0 aromatic rings. The van der Waals surface area contributed by atoms with Crippen molar-refractivity contribution in [2.45, 2.75) is 89.8 Å². The van der Waals surface area contributed by atoms with Gasteiger partial charge < -0.3 is 10.6 Å². The van der Waals surface area contributed by atoms with Crippen molar-refractivity contribution in [3.05, 3.63) is 0 Å². The summed E-state index contributed by atoms with van der Waals surface area (Å²) in [5.41, 5.74) is 0.104. The summed E-state index contributed by atoms with van der Waals surface area (Å²) >= 11 is 0. The molecule has 0 unspecified atom stereocenters. The number of piperidine rings is 1. The van der Waals surface area contributed by atoms with Gasteiger partial charge in [-0.3, -0.25) is 4.79 Å². The van der Waals surface area contributed by atoms with Gasteiger partial charge in [0.2, 0.25) is 5.91 Å². The van der Waals surface area contributed by atoms with Gasteiger partial charge in [0, 0.05) is 23.0 Å². The maximum Gasteiger partial charge on any atom is 0.223 e. The average Bonchev–Trinajstić information content (AvgIpc) is 2.26. The van der Waals surface area contributed by atoms with E-state index in [1.165, 1.54) is 32.1 Å². The summed E-state index contributed by atoms with van der Waals surface area (Å²) in [5, 5.41) is 6.94. The maximum atomic E-state index is 12.5. The molecule has 3 nitrogen and oxygen atoms in total. The van der Waals surface area contributed by atoms with Crippen molar-refractivity contribution in [2.75, 3.05) is 0 Å². The van der Waals surface area contributed by atoms with Crippen molar-refractivity contribution in [3.8, 4) is 0 Å². The zero-order valence-electron chi connectivity index (χ0n) is 13.0. The van der Waals surface area contributed by atoms with E-state index in [0.717, 1.165) is 12.8 Å². The lowest BCUT2D eigenvalue weighted by molar-refractivity contribution is -0.128. The van der Waals surface area contributed by atoms with Crippen molar-refractivity contribution >= 4 is 5.91 Å². The van der Waals surface area contributed by atoms with Crippen molar-refractivity contribution in [2.24, 2.45) is 5.92 Å². The largest absolute Gasteiger partial charge is 0.353 e. The fourth-order valence-corrected chi connectivity index (χ4v) is 4.07. The van der Waals surface area contributed by atoms with E-state index in [4.69, 9.17) is 0 Å². The fraction of sp³-hybridized carbons (Fsp3) is 0.938. The third kappa shape index (κ3) is 4.20. The number of carbonyl (C=O) groups is 1. The van der Waals surface area contributed by atoms with Crippen molar-refractivity contribution in [1.29, 1.82) is 0 Å². The van der Waals surface area contributed by atoms with Crippen molar-refractivity contribution in [3.63, 3.8) is 0 Å². The first-order valence-electron chi connectivity index (χ1n) is 7.87. The Kier molecular flexibility index (Phi) is 4.24. The molecule has 0 spiro atoms. The van der Waals surface area contributed by atoms with Crippen LogP contribution in [0.25, 0.3) is 0 Å². The van der Waals surface area contributed by atoms with E-state index in [2.05, 4.69) is 38.3 Å². The molecule has 1 aliphatic heterocycles. The highest BCUT2D eigenvalue weighted by Crippen LogP contribution is 2.33.